The number of nitrogens with zero attached hydrogens (tertiary/aromatic N) is 3. The summed E-state index contributed by atoms with van der Waals surface area (Å²) in [5, 5.41) is 7.35. The van der Waals surface area contributed by atoms with Crippen LogP contribution in [0.1, 0.15) is 23.5 Å². The number of fused-ring (bicyclic) bond motifs is 1. The van der Waals surface area contributed by atoms with Crippen molar-refractivity contribution in [3.8, 4) is 11.4 Å². The Kier molecular flexibility index (Phi) is 5.47. The molecule has 0 saturated carbocycles. The van der Waals surface area contributed by atoms with Gasteiger partial charge < -0.3 is 5.32 Å². The van der Waals surface area contributed by atoms with E-state index in [4.69, 9.17) is 11.6 Å². The summed E-state index contributed by atoms with van der Waals surface area (Å²) >= 11 is 6.13. The number of halogens is 1. The molecule has 5 rings (SSSR count). The van der Waals surface area contributed by atoms with E-state index in [0.29, 0.717) is 52.9 Å². The molecule has 0 spiro atoms. The van der Waals surface area contributed by atoms with E-state index in [1.165, 1.54) is 0 Å². The highest BCUT2D eigenvalue weighted by Gasteiger charge is 2.30. The molecular weight excluding hydrogens is 466 g/mol. The molecule has 33 heavy (non-hydrogen) atoms. The van der Waals surface area contributed by atoms with Crippen LogP contribution in [0.15, 0.2) is 62.7 Å². The SMILES string of the molecule is O=c1[nH]c(Cc2ccc(Nc3nc(-c4cccc(Cl)c4)nc4c3S(=O)(=O)CCC4)cc2)no1. The maximum Gasteiger partial charge on any atom is 0.438 e. The number of benzene rings is 2. The Morgan fingerprint density at radius 2 is 1.94 bits per heavy atom. The van der Waals surface area contributed by atoms with E-state index in [2.05, 4.69) is 29.9 Å². The summed E-state index contributed by atoms with van der Waals surface area (Å²) in [7, 11) is -3.51. The van der Waals surface area contributed by atoms with Crippen LogP contribution in [-0.4, -0.2) is 34.3 Å². The fraction of sp³-hybridized carbons (Fsp3) is 0.182. The van der Waals surface area contributed by atoms with Gasteiger partial charge >= 0.3 is 5.76 Å². The molecule has 1 aliphatic rings. The van der Waals surface area contributed by atoms with Gasteiger partial charge in [0.05, 0.1) is 11.4 Å². The first-order valence-corrected chi connectivity index (χ1v) is 12.2. The van der Waals surface area contributed by atoms with E-state index in [1.54, 1.807) is 30.3 Å². The summed E-state index contributed by atoms with van der Waals surface area (Å²) in [6.45, 7) is 0. The van der Waals surface area contributed by atoms with E-state index in [1.807, 2.05) is 18.2 Å². The molecule has 3 heterocycles. The summed E-state index contributed by atoms with van der Waals surface area (Å²) in [5.74, 6) is 0.519. The van der Waals surface area contributed by atoms with Crippen LogP contribution in [0.3, 0.4) is 0 Å². The maximum atomic E-state index is 12.9. The first kappa shape index (κ1) is 21.4. The first-order valence-electron chi connectivity index (χ1n) is 10.2. The van der Waals surface area contributed by atoms with Gasteiger partial charge in [-0.1, -0.05) is 41.0 Å². The van der Waals surface area contributed by atoms with E-state index in [9.17, 15) is 13.2 Å². The lowest BCUT2D eigenvalue weighted by Gasteiger charge is -2.20. The molecule has 1 aliphatic heterocycles. The van der Waals surface area contributed by atoms with Gasteiger partial charge in [0.25, 0.3) is 0 Å². The van der Waals surface area contributed by atoms with Crippen LogP contribution in [0, 0.1) is 0 Å². The van der Waals surface area contributed by atoms with Crippen LogP contribution >= 0.6 is 11.6 Å². The molecular formula is C22H18ClN5O4S. The van der Waals surface area contributed by atoms with Gasteiger partial charge in [-0.15, -0.1) is 0 Å². The van der Waals surface area contributed by atoms with Gasteiger partial charge in [-0.25, -0.2) is 23.2 Å². The molecule has 0 unspecified atom stereocenters. The fourth-order valence-corrected chi connectivity index (χ4v) is 5.56. The lowest BCUT2D eigenvalue weighted by molar-refractivity contribution is 0.382. The largest absolute Gasteiger partial charge is 0.438 e. The average molecular weight is 484 g/mol. The van der Waals surface area contributed by atoms with Crippen LogP contribution in [0.25, 0.3) is 11.4 Å². The Labute approximate surface area is 193 Å². The van der Waals surface area contributed by atoms with Crippen LogP contribution in [0.2, 0.25) is 5.02 Å². The van der Waals surface area contributed by atoms with Gasteiger partial charge in [0.1, 0.15) is 4.90 Å². The molecule has 0 fully saturated rings. The van der Waals surface area contributed by atoms with Crippen molar-refractivity contribution in [3.05, 3.63) is 81.2 Å². The molecule has 0 saturated heterocycles. The smallest absolute Gasteiger partial charge is 0.339 e. The van der Waals surface area contributed by atoms with Crippen LogP contribution in [0.4, 0.5) is 11.5 Å². The predicted octanol–water partition coefficient (Wildman–Crippen LogP) is 3.53. The number of aryl methyl sites for hydroxylation is 1. The van der Waals surface area contributed by atoms with Crippen molar-refractivity contribution in [1.29, 1.82) is 0 Å². The minimum atomic E-state index is -3.51. The maximum absolute atomic E-state index is 12.9. The number of nitrogens with one attached hydrogen (secondary N) is 2. The van der Waals surface area contributed by atoms with Crippen molar-refractivity contribution in [2.75, 3.05) is 11.1 Å². The van der Waals surface area contributed by atoms with Gasteiger partial charge in [0, 0.05) is 22.7 Å². The monoisotopic (exact) mass is 483 g/mol. The molecule has 11 heteroatoms. The number of hydrogen-bond acceptors (Lipinski definition) is 8. The summed E-state index contributed by atoms with van der Waals surface area (Å²) in [6.07, 6.45) is 1.45. The second-order valence-corrected chi connectivity index (χ2v) is 10.1. The third kappa shape index (κ3) is 4.53. The number of anilines is 2. The zero-order valence-electron chi connectivity index (χ0n) is 17.2. The van der Waals surface area contributed by atoms with Gasteiger partial charge in [0.15, 0.2) is 27.3 Å². The topological polar surface area (TPSA) is 131 Å². The number of rotatable bonds is 5. The summed E-state index contributed by atoms with van der Waals surface area (Å²) in [5.41, 5.74) is 2.75. The number of sulfone groups is 1. The Balaban J connectivity index is 1.51. The van der Waals surface area contributed by atoms with Crippen molar-refractivity contribution in [3.63, 3.8) is 0 Å². The zero-order valence-corrected chi connectivity index (χ0v) is 18.8. The van der Waals surface area contributed by atoms with E-state index in [-0.39, 0.29) is 16.5 Å². The quantitative estimate of drug-likeness (QED) is 0.440. The van der Waals surface area contributed by atoms with Gasteiger partial charge in [0.2, 0.25) is 0 Å². The molecule has 0 bridgehead atoms. The van der Waals surface area contributed by atoms with E-state index in [0.717, 1.165) is 5.56 Å². The lowest BCUT2D eigenvalue weighted by atomic mass is 10.1. The van der Waals surface area contributed by atoms with Crippen LogP contribution in [-0.2, 0) is 22.7 Å². The van der Waals surface area contributed by atoms with Crippen LogP contribution < -0.4 is 11.1 Å². The molecule has 0 aliphatic carbocycles. The van der Waals surface area contributed by atoms with E-state index >= 15 is 0 Å². The molecule has 0 radical (unpaired) electrons. The first-order chi connectivity index (χ1) is 15.9. The van der Waals surface area contributed by atoms with Crippen molar-refractivity contribution < 1.29 is 12.9 Å². The van der Waals surface area contributed by atoms with Crippen molar-refractivity contribution >= 4 is 32.9 Å². The van der Waals surface area contributed by atoms with Gasteiger partial charge in [-0.2, -0.15) is 0 Å². The minimum Gasteiger partial charge on any atom is -0.339 e. The molecule has 2 N–H and O–H groups in total. The number of H-pyrrole nitrogens is 1. The molecule has 0 atom stereocenters. The second kappa shape index (κ2) is 8.45. The van der Waals surface area contributed by atoms with Crippen LogP contribution in [0.5, 0.6) is 0 Å². The average Bonchev–Trinajstić information content (AvgIpc) is 3.19. The number of hydrogen-bond donors (Lipinski definition) is 2. The fourth-order valence-electron chi connectivity index (χ4n) is 3.74. The normalized spacial score (nSPS) is 14.6. The second-order valence-electron chi connectivity index (χ2n) is 7.64. The summed E-state index contributed by atoms with van der Waals surface area (Å²) in [6, 6.07) is 14.4. The van der Waals surface area contributed by atoms with Crippen molar-refractivity contribution in [1.82, 2.24) is 20.1 Å². The van der Waals surface area contributed by atoms with Crippen molar-refractivity contribution in [2.24, 2.45) is 0 Å². The molecule has 9 nitrogen and oxygen atoms in total. The Morgan fingerprint density at radius 1 is 1.12 bits per heavy atom. The third-order valence-corrected chi connectivity index (χ3v) is 7.34. The van der Waals surface area contributed by atoms with E-state index < -0.39 is 15.6 Å². The lowest BCUT2D eigenvalue weighted by Crippen LogP contribution is -2.20. The zero-order chi connectivity index (χ0) is 23.0. The Morgan fingerprint density at radius 3 is 2.67 bits per heavy atom. The van der Waals surface area contributed by atoms with Gasteiger partial charge in [-0.05, 0) is 42.7 Å². The minimum absolute atomic E-state index is 0.0589. The third-order valence-electron chi connectivity index (χ3n) is 5.23. The Hall–Kier alpha value is -3.50. The highest BCUT2D eigenvalue weighted by Crippen LogP contribution is 2.34. The highest BCUT2D eigenvalue weighted by atomic mass is 35.5. The summed E-state index contributed by atoms with van der Waals surface area (Å²) < 4.78 is 30.2. The Bertz CT molecular complexity index is 1500. The van der Waals surface area contributed by atoms with Gasteiger partial charge in [-0.3, -0.25) is 9.51 Å². The molecule has 4 aromatic rings. The molecule has 2 aromatic heterocycles. The highest BCUT2D eigenvalue weighted by molar-refractivity contribution is 7.91. The molecule has 168 valence electrons. The summed E-state index contributed by atoms with van der Waals surface area (Å²) in [4.78, 5) is 22.9. The number of aromatic amines is 1. The number of aromatic nitrogens is 4. The molecule has 2 aromatic carbocycles. The molecule has 0 amide bonds. The van der Waals surface area contributed by atoms with Crippen molar-refractivity contribution in [2.45, 2.75) is 24.2 Å². The standard InChI is InChI=1S/C22H18ClN5O4S/c23-15-4-1-3-14(12-15)20-25-17-5-2-10-33(30,31)19(17)21(27-20)24-16-8-6-13(7-9-16)11-18-26-22(29)32-28-18/h1,3-4,6-9,12H,2,5,10-11H2,(H,24,25,27)(H,26,28,29). The predicted molar refractivity (Wildman–Crippen MR) is 123 cm³/mol.